The van der Waals surface area contributed by atoms with Crippen molar-refractivity contribution >= 4 is 17.7 Å². The van der Waals surface area contributed by atoms with Gasteiger partial charge in [0.2, 0.25) is 0 Å². The molecule has 0 spiro atoms. The van der Waals surface area contributed by atoms with E-state index in [9.17, 15) is 14.8 Å². The molecule has 210 valence electrons. The maximum absolute atomic E-state index is 12.5. The van der Waals surface area contributed by atoms with E-state index in [1.165, 1.54) is 52.4 Å². The molecule has 1 N–H and O–H groups in total. The van der Waals surface area contributed by atoms with Crippen molar-refractivity contribution in [2.24, 2.45) is 51.5 Å². The molecular weight excluding hydrogens is 466 g/mol. The molecule has 4 aliphatic rings. The number of ether oxygens (including phenoxy) is 2. The fourth-order valence-electron chi connectivity index (χ4n) is 9.95. The summed E-state index contributed by atoms with van der Waals surface area (Å²) in [4.78, 5) is 24.3. The zero-order chi connectivity index (χ0) is 27.2. The van der Waals surface area contributed by atoms with Crippen LogP contribution in [0.5, 0.6) is 0 Å². The van der Waals surface area contributed by atoms with Crippen molar-refractivity contribution in [3.05, 3.63) is 0 Å². The second-order valence-electron chi connectivity index (χ2n) is 14.0. The van der Waals surface area contributed by atoms with E-state index in [0.717, 1.165) is 37.0 Å². The molecule has 37 heavy (non-hydrogen) atoms. The molecule has 0 saturated heterocycles. The summed E-state index contributed by atoms with van der Waals surface area (Å²) < 4.78 is 11.8. The van der Waals surface area contributed by atoms with Gasteiger partial charge < -0.3 is 14.7 Å². The van der Waals surface area contributed by atoms with E-state index in [0.29, 0.717) is 41.7 Å². The molecule has 0 unspecified atom stereocenters. The van der Waals surface area contributed by atoms with Crippen LogP contribution in [0, 0.1) is 46.3 Å². The maximum atomic E-state index is 12.5. The number of nitrogens with zero attached hydrogens (tertiary/aromatic N) is 1. The molecule has 0 amide bonds. The largest absolute Gasteiger partial charge is 0.462 e. The van der Waals surface area contributed by atoms with E-state index >= 15 is 0 Å². The lowest BCUT2D eigenvalue weighted by Crippen LogP contribution is -2.68. The van der Waals surface area contributed by atoms with Gasteiger partial charge in [-0.1, -0.05) is 59.0 Å². The van der Waals surface area contributed by atoms with Crippen molar-refractivity contribution in [3.8, 4) is 0 Å². The van der Waals surface area contributed by atoms with E-state index in [-0.39, 0.29) is 23.5 Å². The molecule has 0 radical (unpaired) electrons. The van der Waals surface area contributed by atoms with E-state index in [4.69, 9.17) is 9.47 Å². The molecule has 0 aromatic carbocycles. The molecule has 0 aromatic heterocycles. The van der Waals surface area contributed by atoms with Crippen molar-refractivity contribution in [1.82, 2.24) is 0 Å². The van der Waals surface area contributed by atoms with Crippen LogP contribution in [-0.2, 0) is 19.1 Å². The van der Waals surface area contributed by atoms with Gasteiger partial charge in [0.15, 0.2) is 5.60 Å². The average molecular weight is 518 g/mol. The Balaban J connectivity index is 1.63. The van der Waals surface area contributed by atoms with Gasteiger partial charge in [-0.05, 0) is 85.9 Å². The number of esters is 2. The highest BCUT2D eigenvalue weighted by atomic mass is 16.6. The van der Waals surface area contributed by atoms with Crippen molar-refractivity contribution in [3.63, 3.8) is 0 Å². The molecule has 0 aliphatic heterocycles. The number of hydrogen-bond donors (Lipinski definition) is 1. The molecule has 0 aromatic rings. The van der Waals surface area contributed by atoms with Gasteiger partial charge in [-0.3, -0.25) is 9.59 Å². The molecule has 9 atom stereocenters. The van der Waals surface area contributed by atoms with E-state index in [1.54, 1.807) is 0 Å². The van der Waals surface area contributed by atoms with E-state index in [2.05, 4.69) is 39.8 Å². The number of rotatable bonds is 7. The summed E-state index contributed by atoms with van der Waals surface area (Å²) in [6.07, 6.45) is 11.0. The van der Waals surface area contributed by atoms with Gasteiger partial charge >= 0.3 is 11.9 Å². The smallest absolute Gasteiger partial charge is 0.303 e. The first kappa shape index (κ1) is 28.4. The molecule has 4 aliphatic carbocycles. The summed E-state index contributed by atoms with van der Waals surface area (Å²) >= 11 is 0. The molecule has 4 fully saturated rings. The van der Waals surface area contributed by atoms with Gasteiger partial charge in [-0.25, -0.2) is 0 Å². The summed E-state index contributed by atoms with van der Waals surface area (Å²) in [5.74, 6) is 2.96. The molecule has 0 bridgehead atoms. The molecule has 6 heteroatoms. The van der Waals surface area contributed by atoms with Crippen molar-refractivity contribution in [1.29, 1.82) is 0 Å². The second kappa shape index (κ2) is 10.5. The normalized spacial score (nSPS) is 43.0. The van der Waals surface area contributed by atoms with Crippen LogP contribution < -0.4 is 0 Å². The first-order valence-electron chi connectivity index (χ1n) is 15.0. The van der Waals surface area contributed by atoms with Gasteiger partial charge in [0, 0.05) is 25.7 Å². The van der Waals surface area contributed by atoms with Crippen LogP contribution in [0.1, 0.15) is 119 Å². The van der Waals surface area contributed by atoms with Crippen molar-refractivity contribution in [2.75, 3.05) is 0 Å². The standard InChI is InChI=1S/C31H51NO5/c1-19(2)9-8-10-20(3)25-11-12-26-24-17-28(32-35)31(37-22(5)34)18-23(36-21(4)33)13-16-30(31,7)27(24)14-15-29(25,26)6/h19-20,23-27,35H,8-18H2,1-7H3/b32-28+/t20-,23-,24-,25-,26-,27-,29-,30-,31+/m1/s1. The maximum Gasteiger partial charge on any atom is 0.303 e. The topological polar surface area (TPSA) is 85.2 Å². The lowest BCUT2D eigenvalue weighted by molar-refractivity contribution is -0.204. The fourth-order valence-corrected chi connectivity index (χ4v) is 9.95. The Morgan fingerprint density at radius 3 is 2.35 bits per heavy atom. The first-order valence-corrected chi connectivity index (χ1v) is 15.0. The van der Waals surface area contributed by atoms with Crippen LogP contribution in [0.2, 0.25) is 0 Å². The van der Waals surface area contributed by atoms with Crippen LogP contribution >= 0.6 is 0 Å². The summed E-state index contributed by atoms with van der Waals surface area (Å²) in [5, 5.41) is 14.2. The highest BCUT2D eigenvalue weighted by molar-refractivity contribution is 5.96. The third kappa shape index (κ3) is 4.84. The van der Waals surface area contributed by atoms with E-state index in [1.807, 2.05) is 0 Å². The minimum Gasteiger partial charge on any atom is -0.462 e. The summed E-state index contributed by atoms with van der Waals surface area (Å²) in [7, 11) is 0. The van der Waals surface area contributed by atoms with Gasteiger partial charge in [0.05, 0.1) is 0 Å². The molecule has 0 heterocycles. The van der Waals surface area contributed by atoms with Crippen LogP contribution in [0.3, 0.4) is 0 Å². The zero-order valence-corrected chi connectivity index (χ0v) is 24.3. The summed E-state index contributed by atoms with van der Waals surface area (Å²) in [5.41, 5.74) is -0.474. The summed E-state index contributed by atoms with van der Waals surface area (Å²) in [6.45, 7) is 14.8. The Morgan fingerprint density at radius 1 is 1.00 bits per heavy atom. The van der Waals surface area contributed by atoms with Gasteiger partial charge in [0.1, 0.15) is 11.8 Å². The lowest BCUT2D eigenvalue weighted by Gasteiger charge is -2.64. The lowest BCUT2D eigenvalue weighted by atomic mass is 9.42. The Labute approximate surface area is 224 Å². The Hall–Kier alpha value is -1.59. The third-order valence-corrected chi connectivity index (χ3v) is 11.5. The molecule has 4 rings (SSSR count). The van der Waals surface area contributed by atoms with E-state index < -0.39 is 5.60 Å². The highest BCUT2D eigenvalue weighted by Crippen LogP contribution is 2.69. The van der Waals surface area contributed by atoms with Crippen LogP contribution in [0.25, 0.3) is 0 Å². The number of carbonyl (C=O) groups excluding carboxylic acids is 2. The third-order valence-electron chi connectivity index (χ3n) is 11.5. The SMILES string of the molecule is CC(=O)O[C@@H]1CC[C@]2(C)[C@@H]3CC[C@@]4(C)[C@H](CC[C@@H]4[C@H](C)CCCC(C)C)[C@H]3C/C(=N\O)[C@@]2(OC(C)=O)C1. The number of fused-ring (bicyclic) bond motifs is 5. The van der Waals surface area contributed by atoms with Crippen LogP contribution in [0.4, 0.5) is 0 Å². The second-order valence-corrected chi connectivity index (χ2v) is 14.0. The fraction of sp³-hybridized carbons (Fsp3) is 0.903. The predicted octanol–water partition coefficient (Wildman–Crippen LogP) is 7.17. The zero-order valence-electron chi connectivity index (χ0n) is 24.3. The quantitative estimate of drug-likeness (QED) is 0.220. The molecular formula is C31H51NO5. The van der Waals surface area contributed by atoms with Gasteiger partial charge in [-0.15, -0.1) is 0 Å². The Bertz CT molecular complexity index is 900. The van der Waals surface area contributed by atoms with Crippen molar-refractivity contribution in [2.45, 2.75) is 131 Å². The highest BCUT2D eigenvalue weighted by Gasteiger charge is 2.69. The minimum absolute atomic E-state index is 0.311. The average Bonchev–Trinajstić information content (AvgIpc) is 3.15. The Morgan fingerprint density at radius 2 is 1.73 bits per heavy atom. The Kier molecular flexibility index (Phi) is 8.08. The predicted molar refractivity (Wildman–Crippen MR) is 144 cm³/mol. The van der Waals surface area contributed by atoms with Gasteiger partial charge in [-0.2, -0.15) is 0 Å². The monoisotopic (exact) mass is 517 g/mol. The summed E-state index contributed by atoms with van der Waals surface area (Å²) in [6, 6.07) is 0. The minimum atomic E-state index is -1.02. The number of oxime groups is 1. The molecule has 6 nitrogen and oxygen atoms in total. The molecule has 4 saturated carbocycles. The number of hydrogen-bond acceptors (Lipinski definition) is 6. The first-order chi connectivity index (χ1) is 17.4. The van der Waals surface area contributed by atoms with Crippen LogP contribution in [0.15, 0.2) is 5.16 Å². The van der Waals surface area contributed by atoms with Crippen LogP contribution in [-0.4, -0.2) is 34.6 Å². The van der Waals surface area contributed by atoms with Gasteiger partial charge in [0.25, 0.3) is 0 Å². The number of carbonyl (C=O) groups is 2. The van der Waals surface area contributed by atoms with Crippen molar-refractivity contribution < 1.29 is 24.3 Å².